The molecular formula is C9H16F3NO3. The smallest absolute Gasteiger partial charge is 0.334 e. The first-order valence-electron chi connectivity index (χ1n) is 5.11. The van der Waals surface area contributed by atoms with Crippen LogP contribution in [0.1, 0.15) is 33.1 Å². The first-order valence-corrected chi connectivity index (χ1v) is 5.11. The fourth-order valence-electron chi connectivity index (χ4n) is 0.761. The molecule has 0 fully saturated rings. The Kier molecular flexibility index (Phi) is 7.07. The van der Waals surface area contributed by atoms with Crippen LogP contribution in [0.4, 0.5) is 13.2 Å². The van der Waals surface area contributed by atoms with Crippen molar-refractivity contribution in [1.82, 2.24) is 5.23 Å². The molecule has 0 N–H and O–H groups in total. The minimum absolute atomic E-state index is 0.123. The van der Waals surface area contributed by atoms with Gasteiger partial charge in [-0.3, -0.25) is 4.84 Å². The van der Waals surface area contributed by atoms with Gasteiger partial charge < -0.3 is 4.84 Å². The average Bonchev–Trinajstić information content (AvgIpc) is 2.20. The maximum absolute atomic E-state index is 11.9. The molecule has 0 rings (SSSR count). The van der Waals surface area contributed by atoms with E-state index in [1.807, 2.05) is 6.92 Å². The number of carbonyl (C=O) groups is 1. The van der Waals surface area contributed by atoms with E-state index >= 15 is 0 Å². The van der Waals surface area contributed by atoms with Crippen molar-refractivity contribution in [2.45, 2.75) is 39.3 Å². The Bertz CT molecular complexity index is 201. The molecular weight excluding hydrogens is 227 g/mol. The second-order valence-electron chi connectivity index (χ2n) is 3.12. The molecule has 0 aromatic rings. The summed E-state index contributed by atoms with van der Waals surface area (Å²) in [5.41, 5.74) is 0. The normalized spacial score (nSPS) is 11.9. The summed E-state index contributed by atoms with van der Waals surface area (Å²) >= 11 is 0. The third-order valence-corrected chi connectivity index (χ3v) is 1.55. The molecule has 0 spiro atoms. The van der Waals surface area contributed by atoms with Crippen molar-refractivity contribution in [3.05, 3.63) is 0 Å². The molecule has 16 heavy (non-hydrogen) atoms. The van der Waals surface area contributed by atoms with E-state index < -0.39 is 12.1 Å². The molecule has 7 heteroatoms. The Balaban J connectivity index is 4.13. The first kappa shape index (κ1) is 15.2. The van der Waals surface area contributed by atoms with Crippen LogP contribution in [0.25, 0.3) is 0 Å². The summed E-state index contributed by atoms with van der Waals surface area (Å²) in [5.74, 6) is -2.26. The molecule has 0 atom stereocenters. The van der Waals surface area contributed by atoms with Crippen LogP contribution in [0, 0.1) is 0 Å². The van der Waals surface area contributed by atoms with Crippen molar-refractivity contribution < 1.29 is 27.6 Å². The quantitative estimate of drug-likeness (QED) is 0.644. The van der Waals surface area contributed by atoms with E-state index in [2.05, 4.69) is 4.84 Å². The lowest BCUT2D eigenvalue weighted by atomic mass is 10.3. The third-order valence-electron chi connectivity index (χ3n) is 1.55. The van der Waals surface area contributed by atoms with E-state index in [-0.39, 0.29) is 13.2 Å². The molecule has 0 aliphatic heterocycles. The number of alkyl halides is 3. The van der Waals surface area contributed by atoms with Gasteiger partial charge in [0.25, 0.3) is 0 Å². The van der Waals surface area contributed by atoms with E-state index in [9.17, 15) is 18.0 Å². The number of rotatable bonds is 7. The van der Waals surface area contributed by atoms with Gasteiger partial charge >= 0.3 is 12.1 Å². The Morgan fingerprint density at radius 3 is 2.31 bits per heavy atom. The zero-order valence-electron chi connectivity index (χ0n) is 9.34. The second-order valence-corrected chi connectivity index (χ2v) is 3.12. The Morgan fingerprint density at radius 1 is 1.25 bits per heavy atom. The van der Waals surface area contributed by atoms with Crippen molar-refractivity contribution in [3.63, 3.8) is 0 Å². The van der Waals surface area contributed by atoms with Crippen LogP contribution >= 0.6 is 0 Å². The van der Waals surface area contributed by atoms with E-state index in [4.69, 9.17) is 4.84 Å². The van der Waals surface area contributed by atoms with Gasteiger partial charge in [-0.05, 0) is 18.1 Å². The number of hydrogen-bond donors (Lipinski definition) is 0. The third kappa shape index (κ3) is 6.62. The highest BCUT2D eigenvalue weighted by Gasteiger charge is 2.42. The summed E-state index contributed by atoms with van der Waals surface area (Å²) < 4.78 is 35.7. The Morgan fingerprint density at radius 2 is 1.88 bits per heavy atom. The van der Waals surface area contributed by atoms with E-state index in [1.54, 1.807) is 6.92 Å². The van der Waals surface area contributed by atoms with E-state index in [0.29, 0.717) is 18.1 Å². The average molecular weight is 243 g/mol. The van der Waals surface area contributed by atoms with E-state index in [0.717, 1.165) is 6.42 Å². The Hall–Kier alpha value is -0.820. The largest absolute Gasteiger partial charge is 0.492 e. The fourth-order valence-corrected chi connectivity index (χ4v) is 0.761. The van der Waals surface area contributed by atoms with Crippen molar-refractivity contribution in [2.75, 3.05) is 13.2 Å². The van der Waals surface area contributed by atoms with Gasteiger partial charge in [-0.2, -0.15) is 13.2 Å². The van der Waals surface area contributed by atoms with Crippen LogP contribution in [-0.4, -0.2) is 30.5 Å². The molecule has 0 heterocycles. The zero-order chi connectivity index (χ0) is 12.6. The van der Waals surface area contributed by atoms with Gasteiger partial charge in [0.2, 0.25) is 0 Å². The van der Waals surface area contributed by atoms with Crippen molar-refractivity contribution in [2.24, 2.45) is 0 Å². The number of hydrogen-bond acceptors (Lipinski definition) is 4. The minimum Gasteiger partial charge on any atom is -0.334 e. The first-order chi connectivity index (χ1) is 7.41. The molecule has 0 bridgehead atoms. The number of carbonyl (C=O) groups excluding carboxylic acids is 1. The van der Waals surface area contributed by atoms with Crippen molar-refractivity contribution >= 4 is 5.97 Å². The summed E-state index contributed by atoms with van der Waals surface area (Å²) in [6.07, 6.45) is -3.05. The molecule has 0 saturated carbocycles. The van der Waals surface area contributed by atoms with Gasteiger partial charge in [0, 0.05) is 0 Å². The topological polar surface area (TPSA) is 38.8 Å². The molecule has 0 aliphatic rings. The molecule has 0 aromatic carbocycles. The lowest BCUT2D eigenvalue weighted by Gasteiger charge is -2.20. The predicted octanol–water partition coefficient (Wildman–Crippen LogP) is 2.45. The van der Waals surface area contributed by atoms with Gasteiger partial charge in [-0.15, -0.1) is 0 Å². The van der Waals surface area contributed by atoms with Crippen LogP contribution in [-0.2, 0) is 14.5 Å². The standard InChI is InChI=1S/C9H16F3NO3/c1-3-5-6-13(15-7-4-2)16-8(14)9(10,11)12/h3-7H2,1-2H3. The molecule has 0 saturated heterocycles. The number of nitrogens with zero attached hydrogens (tertiary/aromatic N) is 1. The van der Waals surface area contributed by atoms with Crippen LogP contribution in [0.5, 0.6) is 0 Å². The highest BCUT2D eigenvalue weighted by atomic mass is 19.4. The summed E-state index contributed by atoms with van der Waals surface area (Å²) in [5, 5.41) is 0.600. The SMILES string of the molecule is CCCCN(OCCC)OC(=O)C(F)(F)F. The highest BCUT2D eigenvalue weighted by Crippen LogP contribution is 2.17. The molecule has 96 valence electrons. The zero-order valence-corrected chi connectivity index (χ0v) is 9.34. The lowest BCUT2D eigenvalue weighted by molar-refractivity contribution is -0.358. The monoisotopic (exact) mass is 243 g/mol. The summed E-state index contributed by atoms with van der Waals surface area (Å²) in [7, 11) is 0. The van der Waals surface area contributed by atoms with Crippen LogP contribution in [0.2, 0.25) is 0 Å². The molecule has 0 amide bonds. The molecule has 0 aromatic heterocycles. The van der Waals surface area contributed by atoms with Gasteiger partial charge in [-0.25, -0.2) is 4.79 Å². The Labute approximate surface area is 92.2 Å². The van der Waals surface area contributed by atoms with Crippen LogP contribution < -0.4 is 0 Å². The summed E-state index contributed by atoms with van der Waals surface area (Å²) in [6, 6.07) is 0. The fraction of sp³-hybridized carbons (Fsp3) is 0.889. The maximum Gasteiger partial charge on any atom is 0.492 e. The summed E-state index contributed by atoms with van der Waals surface area (Å²) in [6.45, 7) is 3.99. The summed E-state index contributed by atoms with van der Waals surface area (Å²) in [4.78, 5) is 19.4. The highest BCUT2D eigenvalue weighted by molar-refractivity contribution is 5.75. The molecule has 4 nitrogen and oxygen atoms in total. The van der Waals surface area contributed by atoms with Crippen molar-refractivity contribution in [1.29, 1.82) is 0 Å². The maximum atomic E-state index is 11.9. The molecule has 0 unspecified atom stereocenters. The van der Waals surface area contributed by atoms with Gasteiger partial charge in [-0.1, -0.05) is 20.3 Å². The molecule has 0 radical (unpaired) electrons. The van der Waals surface area contributed by atoms with Crippen molar-refractivity contribution in [3.8, 4) is 0 Å². The predicted molar refractivity (Wildman–Crippen MR) is 50.0 cm³/mol. The second kappa shape index (κ2) is 7.45. The number of unbranched alkanes of at least 4 members (excludes halogenated alkanes) is 1. The number of halogens is 3. The van der Waals surface area contributed by atoms with E-state index in [1.165, 1.54) is 0 Å². The van der Waals surface area contributed by atoms with Gasteiger partial charge in [0.1, 0.15) is 0 Å². The van der Waals surface area contributed by atoms with Gasteiger partial charge in [0.05, 0.1) is 13.2 Å². The van der Waals surface area contributed by atoms with Crippen LogP contribution in [0.3, 0.4) is 0 Å². The lowest BCUT2D eigenvalue weighted by Crippen LogP contribution is -2.35. The number of hydroxylamine groups is 2. The molecule has 0 aliphatic carbocycles. The van der Waals surface area contributed by atoms with Gasteiger partial charge in [0.15, 0.2) is 0 Å². The minimum atomic E-state index is -5.00. The van der Waals surface area contributed by atoms with Crippen LogP contribution in [0.15, 0.2) is 0 Å².